The fraction of sp³-hybridized carbons (Fsp3) is 0.875. The average molecular weight is 157 g/mol. The molecule has 0 saturated carbocycles. The maximum absolute atomic E-state index is 10.9. The number of carboxylic acids is 1. The molecule has 64 valence electrons. The van der Waals surface area contributed by atoms with Gasteiger partial charge in [-0.05, 0) is 19.4 Å². The molecule has 1 saturated heterocycles. The molecule has 1 heterocycles. The number of carboxylic acid groups (broad SMARTS) is 1. The van der Waals surface area contributed by atoms with Gasteiger partial charge in [0.2, 0.25) is 0 Å². The van der Waals surface area contributed by atoms with Gasteiger partial charge < -0.3 is 10.4 Å². The number of nitrogens with one attached hydrogen (secondary N) is 1. The first kappa shape index (κ1) is 8.53. The van der Waals surface area contributed by atoms with E-state index >= 15 is 0 Å². The first-order valence-electron chi connectivity index (χ1n) is 4.15. The maximum atomic E-state index is 10.9. The fourth-order valence-electron chi connectivity index (χ4n) is 1.73. The lowest BCUT2D eigenvalue weighted by Gasteiger charge is -2.21. The topological polar surface area (TPSA) is 49.3 Å². The van der Waals surface area contributed by atoms with E-state index in [1.807, 2.05) is 6.92 Å². The van der Waals surface area contributed by atoms with E-state index in [2.05, 4.69) is 5.32 Å². The summed E-state index contributed by atoms with van der Waals surface area (Å²) in [5, 5.41) is 12.1. The Kier molecular flexibility index (Phi) is 2.49. The summed E-state index contributed by atoms with van der Waals surface area (Å²) in [6, 6.07) is 0. The second-order valence-corrected chi connectivity index (χ2v) is 3.26. The Balaban J connectivity index is 2.62. The van der Waals surface area contributed by atoms with Crippen molar-refractivity contribution in [3.63, 3.8) is 0 Å². The molecule has 0 aromatic rings. The predicted molar refractivity (Wildman–Crippen MR) is 42.5 cm³/mol. The second kappa shape index (κ2) is 3.22. The van der Waals surface area contributed by atoms with Crippen molar-refractivity contribution in [1.29, 1.82) is 0 Å². The Bertz CT molecular complexity index is 150. The summed E-state index contributed by atoms with van der Waals surface area (Å²) < 4.78 is 0. The van der Waals surface area contributed by atoms with Crippen LogP contribution < -0.4 is 5.32 Å². The van der Waals surface area contributed by atoms with Crippen molar-refractivity contribution in [3.8, 4) is 0 Å². The minimum Gasteiger partial charge on any atom is -0.481 e. The average Bonchev–Trinajstić information content (AvgIpc) is 2.38. The van der Waals surface area contributed by atoms with Crippen LogP contribution in [-0.4, -0.2) is 24.2 Å². The summed E-state index contributed by atoms with van der Waals surface area (Å²) in [5.41, 5.74) is -0.450. The van der Waals surface area contributed by atoms with Crippen LogP contribution in [0.15, 0.2) is 0 Å². The second-order valence-electron chi connectivity index (χ2n) is 3.26. The molecule has 3 nitrogen and oxygen atoms in total. The highest BCUT2D eigenvalue weighted by molar-refractivity contribution is 5.75. The van der Waals surface area contributed by atoms with Crippen LogP contribution in [0.3, 0.4) is 0 Å². The molecule has 1 aliphatic heterocycles. The van der Waals surface area contributed by atoms with Gasteiger partial charge in [-0.25, -0.2) is 0 Å². The van der Waals surface area contributed by atoms with Crippen molar-refractivity contribution in [2.45, 2.75) is 26.2 Å². The SMILES string of the molecule is CCCC1(C(=O)O)CCNC1. The van der Waals surface area contributed by atoms with E-state index in [0.29, 0.717) is 6.54 Å². The van der Waals surface area contributed by atoms with E-state index in [0.717, 1.165) is 25.8 Å². The van der Waals surface area contributed by atoms with Gasteiger partial charge in [0.1, 0.15) is 0 Å². The lowest BCUT2D eigenvalue weighted by atomic mass is 9.83. The Morgan fingerprint density at radius 3 is 2.82 bits per heavy atom. The molecule has 0 aromatic heterocycles. The Morgan fingerprint density at radius 1 is 1.73 bits per heavy atom. The van der Waals surface area contributed by atoms with E-state index in [9.17, 15) is 4.79 Å². The fourth-order valence-corrected chi connectivity index (χ4v) is 1.73. The van der Waals surface area contributed by atoms with Gasteiger partial charge in [-0.1, -0.05) is 13.3 Å². The summed E-state index contributed by atoms with van der Waals surface area (Å²) in [4.78, 5) is 10.9. The minimum atomic E-state index is -0.635. The molecule has 1 rings (SSSR count). The normalized spacial score (nSPS) is 30.6. The van der Waals surface area contributed by atoms with Gasteiger partial charge in [0.05, 0.1) is 5.41 Å². The predicted octanol–water partition coefficient (Wildman–Crippen LogP) is 0.851. The van der Waals surface area contributed by atoms with Crippen molar-refractivity contribution in [1.82, 2.24) is 5.32 Å². The highest BCUT2D eigenvalue weighted by Crippen LogP contribution is 2.30. The van der Waals surface area contributed by atoms with E-state index in [1.165, 1.54) is 0 Å². The zero-order chi connectivity index (χ0) is 8.32. The van der Waals surface area contributed by atoms with E-state index in [-0.39, 0.29) is 0 Å². The minimum absolute atomic E-state index is 0.450. The van der Waals surface area contributed by atoms with Crippen LogP contribution in [-0.2, 0) is 4.79 Å². The van der Waals surface area contributed by atoms with Crippen LogP contribution in [0.25, 0.3) is 0 Å². The van der Waals surface area contributed by atoms with Crippen LogP contribution in [0.4, 0.5) is 0 Å². The standard InChI is InChI=1S/C8H15NO2/c1-2-3-8(7(10)11)4-5-9-6-8/h9H,2-6H2,1H3,(H,10,11). The summed E-state index contributed by atoms with van der Waals surface area (Å²) in [7, 11) is 0. The van der Waals surface area contributed by atoms with Gasteiger partial charge in [-0.15, -0.1) is 0 Å². The van der Waals surface area contributed by atoms with Crippen molar-refractivity contribution in [2.75, 3.05) is 13.1 Å². The molecule has 2 N–H and O–H groups in total. The summed E-state index contributed by atoms with van der Waals surface area (Å²) >= 11 is 0. The summed E-state index contributed by atoms with van der Waals surface area (Å²) in [6.07, 6.45) is 2.54. The first-order valence-corrected chi connectivity index (χ1v) is 4.15. The third-order valence-electron chi connectivity index (χ3n) is 2.43. The van der Waals surface area contributed by atoms with E-state index in [1.54, 1.807) is 0 Å². The number of hydrogen-bond acceptors (Lipinski definition) is 2. The van der Waals surface area contributed by atoms with Crippen LogP contribution in [0.1, 0.15) is 26.2 Å². The number of hydrogen-bond donors (Lipinski definition) is 2. The van der Waals surface area contributed by atoms with Gasteiger partial charge in [-0.2, -0.15) is 0 Å². The number of carbonyl (C=O) groups is 1. The van der Waals surface area contributed by atoms with Crippen LogP contribution >= 0.6 is 0 Å². The molecular weight excluding hydrogens is 142 g/mol. The highest BCUT2D eigenvalue weighted by Gasteiger charge is 2.40. The molecule has 0 bridgehead atoms. The summed E-state index contributed by atoms with van der Waals surface area (Å²) in [6.45, 7) is 3.53. The van der Waals surface area contributed by atoms with Gasteiger partial charge >= 0.3 is 5.97 Å². The van der Waals surface area contributed by atoms with Crippen LogP contribution in [0, 0.1) is 5.41 Å². The summed E-state index contributed by atoms with van der Waals surface area (Å²) in [5.74, 6) is -0.635. The zero-order valence-corrected chi connectivity index (χ0v) is 6.89. The van der Waals surface area contributed by atoms with E-state index in [4.69, 9.17) is 5.11 Å². The lowest BCUT2D eigenvalue weighted by Crippen LogP contribution is -2.33. The van der Waals surface area contributed by atoms with Crippen molar-refractivity contribution >= 4 is 5.97 Å². The molecule has 1 unspecified atom stereocenters. The lowest BCUT2D eigenvalue weighted by molar-refractivity contribution is -0.148. The first-order chi connectivity index (χ1) is 5.21. The van der Waals surface area contributed by atoms with Gasteiger partial charge in [0.15, 0.2) is 0 Å². The molecule has 1 fully saturated rings. The molecule has 1 aliphatic rings. The van der Waals surface area contributed by atoms with Gasteiger partial charge in [-0.3, -0.25) is 4.79 Å². The quantitative estimate of drug-likeness (QED) is 0.638. The van der Waals surface area contributed by atoms with Crippen LogP contribution in [0.2, 0.25) is 0 Å². The van der Waals surface area contributed by atoms with E-state index < -0.39 is 11.4 Å². The molecule has 0 radical (unpaired) electrons. The third-order valence-corrected chi connectivity index (χ3v) is 2.43. The zero-order valence-electron chi connectivity index (χ0n) is 6.89. The third kappa shape index (κ3) is 1.53. The molecule has 1 atom stereocenters. The number of rotatable bonds is 3. The monoisotopic (exact) mass is 157 g/mol. The van der Waals surface area contributed by atoms with Gasteiger partial charge in [0, 0.05) is 6.54 Å². The van der Waals surface area contributed by atoms with Crippen molar-refractivity contribution < 1.29 is 9.90 Å². The molecule has 0 spiro atoms. The Hall–Kier alpha value is -0.570. The van der Waals surface area contributed by atoms with Crippen molar-refractivity contribution in [2.24, 2.45) is 5.41 Å². The molecule has 0 aliphatic carbocycles. The molecule has 3 heteroatoms. The molecule has 11 heavy (non-hydrogen) atoms. The molecular formula is C8H15NO2. The Labute approximate surface area is 66.8 Å². The van der Waals surface area contributed by atoms with Crippen molar-refractivity contribution in [3.05, 3.63) is 0 Å². The van der Waals surface area contributed by atoms with Crippen LogP contribution in [0.5, 0.6) is 0 Å². The number of aliphatic carboxylic acids is 1. The molecule has 0 aromatic carbocycles. The Morgan fingerprint density at radius 2 is 2.45 bits per heavy atom. The van der Waals surface area contributed by atoms with Gasteiger partial charge in [0.25, 0.3) is 0 Å². The smallest absolute Gasteiger partial charge is 0.310 e. The molecule has 0 amide bonds. The maximum Gasteiger partial charge on any atom is 0.310 e. The largest absolute Gasteiger partial charge is 0.481 e. The highest BCUT2D eigenvalue weighted by atomic mass is 16.4.